The Morgan fingerprint density at radius 3 is 2.27 bits per heavy atom. The van der Waals surface area contributed by atoms with Crippen LogP contribution in [0.2, 0.25) is 0 Å². The summed E-state index contributed by atoms with van der Waals surface area (Å²) >= 11 is 0. The van der Waals surface area contributed by atoms with E-state index in [0.29, 0.717) is 11.2 Å². The second-order valence-electron chi connectivity index (χ2n) is 8.70. The lowest BCUT2D eigenvalue weighted by atomic mass is 10.3. The van der Waals surface area contributed by atoms with Gasteiger partial charge in [-0.15, -0.1) is 0 Å². The highest BCUT2D eigenvalue weighted by molar-refractivity contribution is 5.71. The number of piperazine rings is 1. The number of nitrogens with zero attached hydrogens (tertiary/aromatic N) is 4. The number of likely N-dealkylation sites (N-methyl/N-ethyl adjacent to an activating group) is 1. The van der Waals surface area contributed by atoms with E-state index >= 15 is 0 Å². The van der Waals surface area contributed by atoms with Crippen molar-refractivity contribution in [2.24, 2.45) is 14.1 Å². The van der Waals surface area contributed by atoms with Crippen LogP contribution in [0.15, 0.2) is 9.59 Å². The zero-order valence-corrected chi connectivity index (χ0v) is 18.5. The molecule has 2 aliphatic heterocycles. The molecular weight excluding hydrogens is 386 g/mol. The minimum Gasteiger partial charge on any atom is -0.370 e. The van der Waals surface area contributed by atoms with Gasteiger partial charge in [-0.25, -0.2) is 9.78 Å². The van der Waals surface area contributed by atoms with Gasteiger partial charge in [0.05, 0.1) is 32.8 Å². The van der Waals surface area contributed by atoms with Crippen LogP contribution in [-0.2, 0) is 31.9 Å². The molecule has 10 nitrogen and oxygen atoms in total. The predicted molar refractivity (Wildman–Crippen MR) is 112 cm³/mol. The van der Waals surface area contributed by atoms with Crippen molar-refractivity contribution in [3.05, 3.63) is 26.7 Å². The number of nitrogens with one attached hydrogen (secondary N) is 3. The van der Waals surface area contributed by atoms with E-state index in [0.717, 1.165) is 64.9 Å². The van der Waals surface area contributed by atoms with Crippen molar-refractivity contribution in [2.75, 3.05) is 65.6 Å². The number of ether oxygens (including phenoxy) is 1. The fraction of sp³-hybridized carbons (Fsp3) is 0.750. The van der Waals surface area contributed by atoms with Gasteiger partial charge in [-0.3, -0.25) is 13.9 Å². The molecule has 2 aromatic heterocycles. The summed E-state index contributed by atoms with van der Waals surface area (Å²) in [4.78, 5) is 34.9. The third-order valence-corrected chi connectivity index (χ3v) is 6.89. The van der Waals surface area contributed by atoms with Crippen LogP contribution in [-0.4, -0.2) is 84.3 Å². The smallest absolute Gasteiger partial charge is 0.332 e. The van der Waals surface area contributed by atoms with Crippen LogP contribution in [0.5, 0.6) is 0 Å². The molecule has 0 radical (unpaired) electrons. The molecule has 4 heterocycles. The summed E-state index contributed by atoms with van der Waals surface area (Å²) in [5, 5.41) is 0. The Hall–Kier alpha value is -2.01. The van der Waals surface area contributed by atoms with Crippen molar-refractivity contribution < 1.29 is 19.4 Å². The van der Waals surface area contributed by atoms with Crippen LogP contribution in [0.25, 0.3) is 11.2 Å². The summed E-state index contributed by atoms with van der Waals surface area (Å²) in [5.74, 6) is 0.922. The summed E-state index contributed by atoms with van der Waals surface area (Å²) in [6.45, 7) is 14.0. The number of hydrogen-bond acceptors (Lipinski definition) is 4. The quantitative estimate of drug-likeness (QED) is 0.434. The average molecular weight is 423 g/mol. The van der Waals surface area contributed by atoms with Gasteiger partial charge in [-0.2, -0.15) is 0 Å². The molecule has 0 aliphatic carbocycles. The number of aromatic nitrogens is 4. The molecule has 2 aromatic rings. The molecule has 4 rings (SSSR count). The fourth-order valence-corrected chi connectivity index (χ4v) is 4.76. The Labute approximate surface area is 176 Å². The van der Waals surface area contributed by atoms with Crippen LogP contribution < -0.4 is 25.9 Å². The minimum atomic E-state index is -0.324. The summed E-state index contributed by atoms with van der Waals surface area (Å²) < 4.78 is 10.3. The Morgan fingerprint density at radius 1 is 0.933 bits per heavy atom. The zero-order chi connectivity index (χ0) is 21.3. The van der Waals surface area contributed by atoms with E-state index in [1.54, 1.807) is 19.0 Å². The van der Waals surface area contributed by atoms with E-state index in [4.69, 9.17) is 9.72 Å². The molecule has 0 unspecified atom stereocenters. The molecule has 30 heavy (non-hydrogen) atoms. The van der Waals surface area contributed by atoms with Gasteiger partial charge >= 0.3 is 5.69 Å². The van der Waals surface area contributed by atoms with Gasteiger partial charge in [-0.05, 0) is 6.92 Å². The van der Waals surface area contributed by atoms with Gasteiger partial charge < -0.3 is 24.0 Å². The van der Waals surface area contributed by atoms with Gasteiger partial charge in [0.1, 0.15) is 45.8 Å². The van der Waals surface area contributed by atoms with Gasteiger partial charge in [0, 0.05) is 14.1 Å². The van der Waals surface area contributed by atoms with E-state index in [-0.39, 0.29) is 11.2 Å². The number of fused-ring (bicyclic) bond motifs is 1. The second-order valence-corrected chi connectivity index (χ2v) is 8.70. The standard InChI is InChI=1S/C20H33N7O3/c1-4-24-5-7-26(8-6-24)15-16-21-18-17(19(28)23(3)20(29)22(18)2)27(16)10-9-25-11-13-30-14-12-25/h4-15H2,1-3H3/p+3. The number of hydrogen-bond donors (Lipinski definition) is 3. The molecular formula is C20H36N7O3+3. The van der Waals surface area contributed by atoms with Gasteiger partial charge in [0.15, 0.2) is 17.0 Å². The first-order valence-corrected chi connectivity index (χ1v) is 11.2. The lowest BCUT2D eigenvalue weighted by Crippen LogP contribution is -3.27. The van der Waals surface area contributed by atoms with Crippen molar-refractivity contribution in [1.82, 2.24) is 18.7 Å². The molecule has 2 fully saturated rings. The lowest BCUT2D eigenvalue weighted by Gasteiger charge is -2.29. The first kappa shape index (κ1) is 21.2. The monoisotopic (exact) mass is 422 g/mol. The highest BCUT2D eigenvalue weighted by Crippen LogP contribution is 2.10. The molecule has 2 aliphatic rings. The Kier molecular flexibility index (Phi) is 6.37. The third-order valence-electron chi connectivity index (χ3n) is 6.89. The molecule has 0 spiro atoms. The number of imidazole rings is 1. The third kappa shape index (κ3) is 4.09. The van der Waals surface area contributed by atoms with E-state index < -0.39 is 0 Å². The normalized spacial score (nSPS) is 23.3. The number of rotatable bonds is 6. The van der Waals surface area contributed by atoms with Crippen LogP contribution >= 0.6 is 0 Å². The number of quaternary nitrogens is 3. The Bertz CT molecular complexity index is 994. The summed E-state index contributed by atoms with van der Waals surface area (Å²) in [6, 6.07) is 0. The average Bonchev–Trinajstić information content (AvgIpc) is 3.14. The van der Waals surface area contributed by atoms with Crippen molar-refractivity contribution in [3.8, 4) is 0 Å². The minimum absolute atomic E-state index is 0.251. The van der Waals surface area contributed by atoms with Crippen molar-refractivity contribution >= 4 is 11.2 Å². The van der Waals surface area contributed by atoms with Crippen molar-refractivity contribution in [2.45, 2.75) is 20.0 Å². The molecule has 3 N–H and O–H groups in total. The van der Waals surface area contributed by atoms with Gasteiger partial charge in [-0.1, -0.05) is 0 Å². The van der Waals surface area contributed by atoms with Crippen LogP contribution in [0, 0.1) is 0 Å². The van der Waals surface area contributed by atoms with Crippen molar-refractivity contribution in [3.63, 3.8) is 0 Å². The maximum Gasteiger partial charge on any atom is 0.332 e. The van der Waals surface area contributed by atoms with Crippen LogP contribution in [0.4, 0.5) is 0 Å². The maximum atomic E-state index is 13.0. The highest BCUT2D eigenvalue weighted by Gasteiger charge is 2.27. The summed E-state index contributed by atoms with van der Waals surface area (Å²) in [7, 11) is 3.25. The maximum absolute atomic E-state index is 13.0. The lowest BCUT2D eigenvalue weighted by molar-refractivity contribution is -1.02. The molecule has 0 atom stereocenters. The Morgan fingerprint density at radius 2 is 1.60 bits per heavy atom. The zero-order valence-electron chi connectivity index (χ0n) is 18.5. The summed E-state index contributed by atoms with van der Waals surface area (Å²) in [6.07, 6.45) is 0. The van der Waals surface area contributed by atoms with E-state index in [2.05, 4.69) is 11.5 Å². The van der Waals surface area contributed by atoms with Crippen molar-refractivity contribution in [1.29, 1.82) is 0 Å². The molecule has 2 saturated heterocycles. The van der Waals surface area contributed by atoms with E-state index in [1.807, 2.05) is 0 Å². The molecule has 0 amide bonds. The van der Waals surface area contributed by atoms with Crippen LogP contribution in [0.1, 0.15) is 12.7 Å². The Balaban J connectivity index is 1.66. The SMILES string of the molecule is CC[NH+]1CC[NH+](Cc2nc3c(c(=O)n(C)c(=O)n3C)n2CC[NH+]2CCOCC2)CC1. The summed E-state index contributed by atoms with van der Waals surface area (Å²) in [5.41, 5.74) is 0.487. The first-order valence-electron chi connectivity index (χ1n) is 11.2. The number of morpholine rings is 1. The van der Waals surface area contributed by atoms with E-state index in [1.165, 1.54) is 38.6 Å². The molecule has 10 heteroatoms. The first-order chi connectivity index (χ1) is 14.5. The highest BCUT2D eigenvalue weighted by atomic mass is 16.5. The van der Waals surface area contributed by atoms with Crippen LogP contribution in [0.3, 0.4) is 0 Å². The molecule has 0 saturated carbocycles. The molecule has 0 bridgehead atoms. The number of aryl methyl sites for hydroxylation is 1. The largest absolute Gasteiger partial charge is 0.370 e. The fourth-order valence-electron chi connectivity index (χ4n) is 4.76. The van der Waals surface area contributed by atoms with E-state index in [9.17, 15) is 9.59 Å². The van der Waals surface area contributed by atoms with Gasteiger partial charge in [0.2, 0.25) is 0 Å². The molecule has 0 aromatic carbocycles. The predicted octanol–water partition coefficient (Wildman–Crippen LogP) is -5.35. The van der Waals surface area contributed by atoms with Gasteiger partial charge in [0.25, 0.3) is 5.56 Å². The second kappa shape index (κ2) is 9.01. The molecule has 166 valence electrons. The topological polar surface area (TPSA) is 84.4 Å².